The first kappa shape index (κ1) is 27.0. The highest BCUT2D eigenvalue weighted by Crippen LogP contribution is 2.35. The minimum Gasteiger partial charge on any atom is -0.428 e. The molecule has 0 saturated heterocycles. The molecule has 0 aliphatic rings. The number of imidazole rings is 1. The molecule has 0 radical (unpaired) electrons. The minimum absolute atomic E-state index is 0.0551. The van der Waals surface area contributed by atoms with E-state index in [-0.39, 0.29) is 23.4 Å². The molecule has 2 rings (SSSR count). The zero-order chi connectivity index (χ0) is 25.8. The molecule has 0 aliphatic carbocycles. The lowest BCUT2D eigenvalue weighted by atomic mass is 9.92. The molecule has 2 aromatic rings. The molecule has 1 aromatic heterocycles. The number of fused-ring (bicyclic) bond motifs is 1. The Bertz CT molecular complexity index is 1110. The van der Waals surface area contributed by atoms with Crippen molar-refractivity contribution in [3.8, 4) is 6.07 Å². The summed E-state index contributed by atoms with van der Waals surface area (Å²) in [6.45, 7) is 11.1. The van der Waals surface area contributed by atoms with Crippen molar-refractivity contribution in [2.45, 2.75) is 53.5 Å². The number of likely N-dealkylation sites (N-methyl/N-ethyl adjacent to an activating group) is 1. The Morgan fingerprint density at radius 3 is 2.38 bits per heavy atom. The van der Waals surface area contributed by atoms with Gasteiger partial charge in [0.2, 0.25) is 11.9 Å². The number of nitriles is 1. The van der Waals surface area contributed by atoms with Gasteiger partial charge in [0.1, 0.15) is 17.1 Å². The van der Waals surface area contributed by atoms with Crippen LogP contribution in [0.2, 0.25) is 0 Å². The molecule has 0 saturated carbocycles. The van der Waals surface area contributed by atoms with Gasteiger partial charge in [0.05, 0.1) is 5.56 Å². The number of carbonyl (C=O) groups excluding carboxylic acids is 2. The SMILES string of the molecule is CNCCNC(=O)OCN(C(=O)CC(C)(C)C)c1nc2c(F)cc(C#N)c(F)c2n1C(C)(C)C. The number of rotatable bonds is 7. The molecule has 9 nitrogen and oxygen atoms in total. The van der Waals surface area contributed by atoms with Crippen LogP contribution in [0.1, 0.15) is 53.5 Å². The van der Waals surface area contributed by atoms with Gasteiger partial charge >= 0.3 is 6.09 Å². The number of halogens is 2. The monoisotopic (exact) mass is 478 g/mol. The molecule has 34 heavy (non-hydrogen) atoms. The molecule has 0 bridgehead atoms. The zero-order valence-electron chi connectivity index (χ0n) is 20.7. The molecule has 0 atom stereocenters. The fraction of sp³-hybridized carbons (Fsp3) is 0.565. The molecule has 2 amide bonds. The van der Waals surface area contributed by atoms with Gasteiger partial charge in [0, 0.05) is 25.0 Å². The van der Waals surface area contributed by atoms with E-state index in [1.165, 1.54) is 4.57 Å². The van der Waals surface area contributed by atoms with E-state index in [2.05, 4.69) is 15.6 Å². The summed E-state index contributed by atoms with van der Waals surface area (Å²) in [4.78, 5) is 30.8. The highest BCUT2D eigenvalue weighted by molar-refractivity contribution is 5.94. The van der Waals surface area contributed by atoms with Crippen LogP contribution in [0.15, 0.2) is 6.07 Å². The third-order valence-corrected chi connectivity index (χ3v) is 4.79. The average Bonchev–Trinajstić information content (AvgIpc) is 3.11. The molecular weight excluding hydrogens is 446 g/mol. The predicted octanol–water partition coefficient (Wildman–Crippen LogP) is 3.61. The van der Waals surface area contributed by atoms with Crippen LogP contribution in [-0.4, -0.2) is 48.4 Å². The van der Waals surface area contributed by atoms with Crippen molar-refractivity contribution in [2.75, 3.05) is 31.8 Å². The number of alkyl carbamates (subject to hydrolysis) is 1. The number of anilines is 1. The van der Waals surface area contributed by atoms with Gasteiger partial charge in [-0.15, -0.1) is 0 Å². The number of carbonyl (C=O) groups is 2. The van der Waals surface area contributed by atoms with Gasteiger partial charge in [-0.05, 0) is 39.3 Å². The van der Waals surface area contributed by atoms with Gasteiger partial charge in [-0.1, -0.05) is 20.8 Å². The van der Waals surface area contributed by atoms with Gasteiger partial charge < -0.3 is 19.9 Å². The first-order valence-corrected chi connectivity index (χ1v) is 10.9. The Balaban J connectivity index is 2.65. The molecule has 1 aromatic carbocycles. The normalized spacial score (nSPS) is 11.9. The van der Waals surface area contributed by atoms with Crippen molar-refractivity contribution in [3.05, 3.63) is 23.3 Å². The van der Waals surface area contributed by atoms with Gasteiger partial charge in [-0.2, -0.15) is 5.26 Å². The van der Waals surface area contributed by atoms with Crippen LogP contribution < -0.4 is 15.5 Å². The van der Waals surface area contributed by atoms with Crippen molar-refractivity contribution in [2.24, 2.45) is 5.41 Å². The molecule has 0 aliphatic heterocycles. The van der Waals surface area contributed by atoms with Crippen molar-refractivity contribution in [1.29, 1.82) is 5.26 Å². The highest BCUT2D eigenvalue weighted by Gasteiger charge is 2.33. The lowest BCUT2D eigenvalue weighted by Gasteiger charge is -2.30. The van der Waals surface area contributed by atoms with E-state index in [1.54, 1.807) is 33.9 Å². The first-order valence-electron chi connectivity index (χ1n) is 10.9. The molecule has 1 heterocycles. The van der Waals surface area contributed by atoms with Gasteiger partial charge in [0.25, 0.3) is 0 Å². The van der Waals surface area contributed by atoms with E-state index in [0.717, 1.165) is 11.0 Å². The third kappa shape index (κ3) is 6.20. The topological polar surface area (TPSA) is 112 Å². The second-order valence-electron chi connectivity index (χ2n) is 10.1. The Labute approximate surface area is 198 Å². The van der Waals surface area contributed by atoms with Crippen LogP contribution in [0.3, 0.4) is 0 Å². The summed E-state index contributed by atoms with van der Waals surface area (Å²) in [6, 6.07) is 2.42. The van der Waals surface area contributed by atoms with Gasteiger partial charge in [-0.3, -0.25) is 4.79 Å². The molecule has 11 heteroatoms. The van der Waals surface area contributed by atoms with Crippen molar-refractivity contribution in [1.82, 2.24) is 20.2 Å². The van der Waals surface area contributed by atoms with E-state index in [1.807, 2.05) is 20.8 Å². The number of ether oxygens (including phenoxy) is 1. The summed E-state index contributed by atoms with van der Waals surface area (Å²) in [5.41, 5.74) is -2.34. The van der Waals surface area contributed by atoms with Gasteiger partial charge in [0.15, 0.2) is 18.4 Å². The number of amides is 2. The molecule has 186 valence electrons. The van der Waals surface area contributed by atoms with Crippen molar-refractivity contribution in [3.63, 3.8) is 0 Å². The lowest BCUT2D eigenvalue weighted by Crippen LogP contribution is -2.41. The standard InChI is InChI=1S/C23H32F2N6O3/c1-22(2,3)11-16(32)30(13-34-21(33)28-9-8-27-7)20-29-18-15(24)10-14(12-26)17(25)19(18)31(20)23(4,5)6/h10,27H,8-9,11,13H2,1-7H3,(H,28,33). The van der Waals surface area contributed by atoms with E-state index in [0.29, 0.717) is 13.1 Å². The maximum Gasteiger partial charge on any atom is 0.408 e. The molecule has 0 fully saturated rings. The van der Waals surface area contributed by atoms with E-state index in [4.69, 9.17) is 4.74 Å². The Hall–Kier alpha value is -3.26. The lowest BCUT2D eigenvalue weighted by molar-refractivity contribution is -0.121. The predicted molar refractivity (Wildman–Crippen MR) is 124 cm³/mol. The van der Waals surface area contributed by atoms with Gasteiger partial charge in [-0.25, -0.2) is 23.5 Å². The van der Waals surface area contributed by atoms with E-state index < -0.39 is 46.9 Å². The second kappa shape index (κ2) is 10.3. The summed E-state index contributed by atoms with van der Waals surface area (Å²) < 4.78 is 36.6. The molecule has 0 spiro atoms. The fourth-order valence-electron chi connectivity index (χ4n) is 3.32. The van der Waals surface area contributed by atoms with E-state index in [9.17, 15) is 19.2 Å². The maximum absolute atomic E-state index is 15.2. The number of aromatic nitrogens is 2. The number of nitrogens with one attached hydrogen (secondary N) is 2. The second-order valence-corrected chi connectivity index (χ2v) is 10.1. The molecule has 2 N–H and O–H groups in total. The van der Waals surface area contributed by atoms with Crippen LogP contribution in [0, 0.1) is 28.4 Å². The smallest absolute Gasteiger partial charge is 0.408 e. The zero-order valence-corrected chi connectivity index (χ0v) is 20.7. The summed E-state index contributed by atoms with van der Waals surface area (Å²) in [5.74, 6) is -2.38. The number of nitrogens with zero attached hydrogens (tertiary/aromatic N) is 4. The summed E-state index contributed by atoms with van der Waals surface area (Å²) in [7, 11) is 1.73. The van der Waals surface area contributed by atoms with Crippen LogP contribution >= 0.6 is 0 Å². The molecule has 0 unspecified atom stereocenters. The van der Waals surface area contributed by atoms with Crippen LogP contribution in [0.25, 0.3) is 11.0 Å². The van der Waals surface area contributed by atoms with Crippen LogP contribution in [0.5, 0.6) is 0 Å². The Kier molecular flexibility index (Phi) is 8.21. The van der Waals surface area contributed by atoms with Crippen LogP contribution in [-0.2, 0) is 15.1 Å². The number of benzene rings is 1. The quantitative estimate of drug-likeness (QED) is 0.464. The third-order valence-electron chi connectivity index (χ3n) is 4.79. The largest absolute Gasteiger partial charge is 0.428 e. The Morgan fingerprint density at radius 1 is 1.21 bits per heavy atom. The average molecular weight is 479 g/mol. The Morgan fingerprint density at radius 2 is 1.85 bits per heavy atom. The van der Waals surface area contributed by atoms with Crippen molar-refractivity contribution < 1.29 is 23.1 Å². The summed E-state index contributed by atoms with van der Waals surface area (Å²) >= 11 is 0. The first-order chi connectivity index (χ1) is 15.7. The number of hydrogen-bond acceptors (Lipinski definition) is 6. The summed E-state index contributed by atoms with van der Waals surface area (Å²) in [5, 5.41) is 14.7. The highest BCUT2D eigenvalue weighted by atomic mass is 19.1. The molecular formula is C23H32F2N6O3. The summed E-state index contributed by atoms with van der Waals surface area (Å²) in [6.07, 6.45) is -0.703. The maximum atomic E-state index is 15.2. The van der Waals surface area contributed by atoms with Crippen molar-refractivity contribution >= 4 is 29.0 Å². The fourth-order valence-corrected chi connectivity index (χ4v) is 3.32. The number of hydrogen-bond donors (Lipinski definition) is 2. The van der Waals surface area contributed by atoms with E-state index >= 15 is 4.39 Å². The van der Waals surface area contributed by atoms with Crippen LogP contribution in [0.4, 0.5) is 19.5 Å². The minimum atomic E-state index is -0.943.